The Bertz CT molecular complexity index is 617. The van der Waals surface area contributed by atoms with Gasteiger partial charge in [0.15, 0.2) is 0 Å². The number of hydrogen-bond acceptors (Lipinski definition) is 3. The second-order valence-corrected chi connectivity index (χ2v) is 8.00. The molecule has 0 amide bonds. The van der Waals surface area contributed by atoms with E-state index in [1.54, 1.807) is 8.61 Å². The van der Waals surface area contributed by atoms with Crippen LogP contribution in [0.1, 0.15) is 24.5 Å². The molecular formula is C15H23N3O2S. The number of hydrogen-bond donors (Lipinski definition) is 1. The smallest absolute Gasteiger partial charge is 0.282 e. The second kappa shape index (κ2) is 5.68. The van der Waals surface area contributed by atoms with E-state index in [9.17, 15) is 8.42 Å². The van der Waals surface area contributed by atoms with Crippen molar-refractivity contribution in [2.24, 2.45) is 11.7 Å². The summed E-state index contributed by atoms with van der Waals surface area (Å²) in [6.45, 7) is 4.13. The highest BCUT2D eigenvalue weighted by Crippen LogP contribution is 2.29. The first-order valence-electron chi connectivity index (χ1n) is 7.56. The summed E-state index contributed by atoms with van der Waals surface area (Å²) >= 11 is 0. The van der Waals surface area contributed by atoms with Gasteiger partial charge in [-0.3, -0.25) is 0 Å². The van der Waals surface area contributed by atoms with Gasteiger partial charge in [0.05, 0.1) is 0 Å². The van der Waals surface area contributed by atoms with Crippen molar-refractivity contribution in [2.75, 3.05) is 19.6 Å². The molecule has 1 fully saturated rings. The maximum absolute atomic E-state index is 12.9. The largest absolute Gasteiger partial charge is 0.330 e. The van der Waals surface area contributed by atoms with Gasteiger partial charge in [-0.25, -0.2) is 0 Å². The van der Waals surface area contributed by atoms with Crippen molar-refractivity contribution < 1.29 is 8.42 Å². The fraction of sp³-hybridized carbons (Fsp3) is 0.600. The van der Waals surface area contributed by atoms with Crippen molar-refractivity contribution in [3.8, 4) is 0 Å². The zero-order valence-corrected chi connectivity index (χ0v) is 13.2. The molecule has 2 unspecified atom stereocenters. The van der Waals surface area contributed by atoms with Crippen molar-refractivity contribution in [1.29, 1.82) is 0 Å². The van der Waals surface area contributed by atoms with Crippen LogP contribution in [-0.2, 0) is 23.2 Å². The first-order valence-corrected chi connectivity index (χ1v) is 8.96. The van der Waals surface area contributed by atoms with E-state index in [2.05, 4.69) is 6.07 Å². The average molecular weight is 309 g/mol. The summed E-state index contributed by atoms with van der Waals surface area (Å²) in [5, 5.41) is 0. The van der Waals surface area contributed by atoms with E-state index in [4.69, 9.17) is 5.73 Å². The molecular weight excluding hydrogens is 286 g/mol. The SMILES string of the molecule is CC1CC(CN)CN1S(=O)(=O)N1CCc2ccccc2C1. The van der Waals surface area contributed by atoms with E-state index in [0.29, 0.717) is 26.2 Å². The van der Waals surface area contributed by atoms with Gasteiger partial charge in [0.25, 0.3) is 10.2 Å². The molecule has 3 rings (SSSR count). The fourth-order valence-corrected chi connectivity index (χ4v) is 5.28. The van der Waals surface area contributed by atoms with E-state index >= 15 is 0 Å². The number of rotatable bonds is 3. The molecule has 6 heteroatoms. The Labute approximate surface area is 126 Å². The van der Waals surface area contributed by atoms with Gasteiger partial charge in [0.2, 0.25) is 0 Å². The normalized spacial score (nSPS) is 27.7. The molecule has 1 aromatic rings. The van der Waals surface area contributed by atoms with Gasteiger partial charge >= 0.3 is 0 Å². The van der Waals surface area contributed by atoms with Crippen LogP contribution in [0.4, 0.5) is 0 Å². The van der Waals surface area contributed by atoms with Gasteiger partial charge in [-0.15, -0.1) is 0 Å². The number of benzene rings is 1. The minimum absolute atomic E-state index is 0.0423. The summed E-state index contributed by atoms with van der Waals surface area (Å²) in [7, 11) is -3.39. The topological polar surface area (TPSA) is 66.6 Å². The van der Waals surface area contributed by atoms with Crippen molar-refractivity contribution in [2.45, 2.75) is 32.4 Å². The molecule has 0 saturated carbocycles. The molecule has 0 aromatic heterocycles. The van der Waals surface area contributed by atoms with Crippen LogP contribution >= 0.6 is 0 Å². The third-order valence-corrected chi connectivity index (χ3v) is 6.72. The molecule has 5 nitrogen and oxygen atoms in total. The van der Waals surface area contributed by atoms with Crippen LogP contribution in [0.3, 0.4) is 0 Å². The first kappa shape index (κ1) is 15.0. The van der Waals surface area contributed by atoms with Crippen LogP contribution in [0, 0.1) is 5.92 Å². The summed E-state index contributed by atoms with van der Waals surface area (Å²) in [6.07, 6.45) is 1.65. The molecule has 1 saturated heterocycles. The standard InChI is InChI=1S/C15H23N3O2S/c1-12-8-13(9-16)10-18(12)21(19,20)17-7-6-14-4-2-3-5-15(14)11-17/h2-5,12-13H,6-11,16H2,1H3. The molecule has 2 N–H and O–H groups in total. The van der Waals surface area contributed by atoms with E-state index < -0.39 is 10.2 Å². The van der Waals surface area contributed by atoms with Gasteiger partial charge in [-0.05, 0) is 43.4 Å². The van der Waals surface area contributed by atoms with Crippen LogP contribution in [0.15, 0.2) is 24.3 Å². The Balaban J connectivity index is 1.81. The second-order valence-electron chi connectivity index (χ2n) is 6.12. The molecule has 2 aliphatic heterocycles. The molecule has 0 radical (unpaired) electrons. The maximum atomic E-state index is 12.9. The van der Waals surface area contributed by atoms with Gasteiger partial charge < -0.3 is 5.73 Å². The molecule has 1 aromatic carbocycles. The molecule has 21 heavy (non-hydrogen) atoms. The summed E-state index contributed by atoms with van der Waals surface area (Å²) in [5.74, 6) is 0.284. The number of nitrogens with zero attached hydrogens (tertiary/aromatic N) is 2. The average Bonchev–Trinajstić information content (AvgIpc) is 2.88. The van der Waals surface area contributed by atoms with Crippen LogP contribution in [0.25, 0.3) is 0 Å². The van der Waals surface area contributed by atoms with Gasteiger partial charge in [-0.1, -0.05) is 24.3 Å². The summed E-state index contributed by atoms with van der Waals surface area (Å²) < 4.78 is 29.0. The van der Waals surface area contributed by atoms with Crippen molar-refractivity contribution in [3.63, 3.8) is 0 Å². The lowest BCUT2D eigenvalue weighted by Gasteiger charge is -2.33. The molecule has 2 heterocycles. The van der Waals surface area contributed by atoms with E-state index in [1.807, 2.05) is 25.1 Å². The molecule has 0 aliphatic carbocycles. The Hall–Kier alpha value is -0.950. The predicted octanol–water partition coefficient (Wildman–Crippen LogP) is 0.959. The highest BCUT2D eigenvalue weighted by Gasteiger charge is 2.40. The van der Waals surface area contributed by atoms with Crippen LogP contribution in [0.2, 0.25) is 0 Å². The van der Waals surface area contributed by atoms with E-state index in [1.165, 1.54) is 5.56 Å². The van der Waals surface area contributed by atoms with Crippen molar-refractivity contribution in [3.05, 3.63) is 35.4 Å². The minimum atomic E-state index is -3.39. The predicted molar refractivity (Wildman–Crippen MR) is 82.8 cm³/mol. The zero-order valence-electron chi connectivity index (χ0n) is 12.4. The molecule has 0 bridgehead atoms. The lowest BCUT2D eigenvalue weighted by molar-refractivity contribution is 0.319. The highest BCUT2D eigenvalue weighted by molar-refractivity contribution is 7.86. The first-order chi connectivity index (χ1) is 10.0. The molecule has 116 valence electrons. The highest BCUT2D eigenvalue weighted by atomic mass is 32.2. The number of fused-ring (bicyclic) bond motifs is 1. The fourth-order valence-electron chi connectivity index (χ4n) is 3.42. The quantitative estimate of drug-likeness (QED) is 0.904. The maximum Gasteiger partial charge on any atom is 0.282 e. The van der Waals surface area contributed by atoms with Crippen LogP contribution < -0.4 is 5.73 Å². The minimum Gasteiger partial charge on any atom is -0.330 e. The van der Waals surface area contributed by atoms with Crippen LogP contribution in [0.5, 0.6) is 0 Å². The van der Waals surface area contributed by atoms with Gasteiger partial charge in [0, 0.05) is 25.7 Å². The van der Waals surface area contributed by atoms with Crippen molar-refractivity contribution >= 4 is 10.2 Å². The summed E-state index contributed by atoms with van der Waals surface area (Å²) in [5.41, 5.74) is 8.09. The lowest BCUT2D eigenvalue weighted by atomic mass is 10.0. The monoisotopic (exact) mass is 309 g/mol. The van der Waals surface area contributed by atoms with E-state index in [0.717, 1.165) is 18.4 Å². The zero-order chi connectivity index (χ0) is 15.0. The van der Waals surface area contributed by atoms with Crippen molar-refractivity contribution in [1.82, 2.24) is 8.61 Å². The Kier molecular flexibility index (Phi) is 4.05. The molecule has 2 atom stereocenters. The third kappa shape index (κ3) is 2.73. The summed E-state index contributed by atoms with van der Waals surface area (Å²) in [6, 6.07) is 8.13. The van der Waals surface area contributed by atoms with Crippen LogP contribution in [-0.4, -0.2) is 42.7 Å². The lowest BCUT2D eigenvalue weighted by Crippen LogP contribution is -2.47. The molecule has 0 spiro atoms. The van der Waals surface area contributed by atoms with Gasteiger partial charge in [-0.2, -0.15) is 17.0 Å². The number of nitrogens with two attached hydrogens (primary N) is 1. The molecule has 2 aliphatic rings. The van der Waals surface area contributed by atoms with Gasteiger partial charge in [0.1, 0.15) is 0 Å². The Morgan fingerprint density at radius 3 is 2.67 bits per heavy atom. The summed E-state index contributed by atoms with van der Waals surface area (Å²) in [4.78, 5) is 0. The Morgan fingerprint density at radius 2 is 2.00 bits per heavy atom. The third-order valence-electron chi connectivity index (χ3n) is 4.66. The van der Waals surface area contributed by atoms with E-state index in [-0.39, 0.29) is 12.0 Å². The Morgan fingerprint density at radius 1 is 1.29 bits per heavy atom.